The lowest BCUT2D eigenvalue weighted by Gasteiger charge is -2.11. The number of anilines is 2. The summed E-state index contributed by atoms with van der Waals surface area (Å²) in [6.07, 6.45) is 3.45. The predicted octanol–water partition coefficient (Wildman–Crippen LogP) is 0.617. The van der Waals surface area contributed by atoms with Gasteiger partial charge in [-0.3, -0.25) is 0 Å². The molecule has 6 heteroatoms. The number of hydrogen-bond donors (Lipinski definition) is 2. The van der Waals surface area contributed by atoms with E-state index in [1.54, 1.807) is 11.8 Å². The molecule has 3 N–H and O–H groups in total. The van der Waals surface area contributed by atoms with E-state index in [9.17, 15) is 0 Å². The van der Waals surface area contributed by atoms with E-state index in [0.717, 1.165) is 5.75 Å². The van der Waals surface area contributed by atoms with Gasteiger partial charge in [0.15, 0.2) is 0 Å². The van der Waals surface area contributed by atoms with Crippen LogP contribution in [-0.2, 0) is 0 Å². The Morgan fingerprint density at radius 3 is 3.00 bits per heavy atom. The van der Waals surface area contributed by atoms with E-state index < -0.39 is 0 Å². The molecule has 0 amide bonds. The van der Waals surface area contributed by atoms with Crippen LogP contribution in [0.3, 0.4) is 0 Å². The van der Waals surface area contributed by atoms with Crippen LogP contribution in [0, 0.1) is 0 Å². The summed E-state index contributed by atoms with van der Waals surface area (Å²) in [7, 11) is 0. The fraction of sp³-hybridized carbons (Fsp3) is 0.571. The second-order valence-electron chi connectivity index (χ2n) is 2.67. The van der Waals surface area contributed by atoms with Crippen LogP contribution in [0.1, 0.15) is 6.92 Å². The maximum atomic E-state index is 5.40. The quantitative estimate of drug-likeness (QED) is 0.740. The van der Waals surface area contributed by atoms with Crippen molar-refractivity contribution in [2.24, 2.45) is 0 Å². The lowest BCUT2D eigenvalue weighted by Crippen LogP contribution is -2.19. The number of rotatable bonds is 4. The fourth-order valence-corrected chi connectivity index (χ4v) is 1.47. The van der Waals surface area contributed by atoms with Crippen LogP contribution < -0.4 is 11.1 Å². The van der Waals surface area contributed by atoms with Crippen LogP contribution in [0.4, 0.5) is 11.9 Å². The largest absolute Gasteiger partial charge is 0.368 e. The van der Waals surface area contributed by atoms with Crippen LogP contribution in [0.25, 0.3) is 0 Å². The van der Waals surface area contributed by atoms with Gasteiger partial charge in [0.25, 0.3) is 0 Å². The number of nitrogen functional groups attached to an aromatic ring is 1. The standard InChI is InChI=1S/C7H13N5S/c1-5(3-13-2)11-7-10-4-9-6(8)12-7/h4-5H,3H2,1-2H3,(H3,8,9,10,11,12). The van der Waals surface area contributed by atoms with Crippen molar-refractivity contribution in [3.05, 3.63) is 6.33 Å². The Kier molecular flexibility index (Phi) is 3.75. The molecule has 1 aromatic rings. The highest BCUT2D eigenvalue weighted by atomic mass is 32.2. The van der Waals surface area contributed by atoms with Gasteiger partial charge in [0.2, 0.25) is 11.9 Å². The molecule has 5 nitrogen and oxygen atoms in total. The molecule has 0 bridgehead atoms. The minimum absolute atomic E-state index is 0.244. The number of nitrogens with two attached hydrogens (primary N) is 1. The van der Waals surface area contributed by atoms with Gasteiger partial charge in [-0.05, 0) is 13.2 Å². The van der Waals surface area contributed by atoms with Gasteiger partial charge in [0.1, 0.15) is 6.33 Å². The van der Waals surface area contributed by atoms with Gasteiger partial charge < -0.3 is 11.1 Å². The maximum absolute atomic E-state index is 5.40. The first-order valence-corrected chi connectivity index (χ1v) is 5.31. The molecule has 1 rings (SSSR count). The zero-order valence-corrected chi connectivity index (χ0v) is 8.51. The number of aromatic nitrogens is 3. The molecule has 1 heterocycles. The van der Waals surface area contributed by atoms with Gasteiger partial charge in [-0.2, -0.15) is 16.7 Å². The highest BCUT2D eigenvalue weighted by molar-refractivity contribution is 7.98. The number of hydrogen-bond acceptors (Lipinski definition) is 6. The molecule has 0 aliphatic carbocycles. The summed E-state index contributed by atoms with van der Waals surface area (Å²) in [5.74, 6) is 1.79. The molecule has 0 aliphatic rings. The third-order valence-corrected chi connectivity index (χ3v) is 2.22. The first kappa shape index (κ1) is 10.0. The molecule has 0 fully saturated rings. The molecular formula is C7H13N5S. The number of nitrogens with zero attached hydrogens (tertiary/aromatic N) is 3. The fourth-order valence-electron chi connectivity index (χ4n) is 0.891. The average Bonchev–Trinajstić information content (AvgIpc) is 2.04. The lowest BCUT2D eigenvalue weighted by atomic mass is 10.4. The first-order chi connectivity index (χ1) is 6.22. The molecule has 72 valence electrons. The second kappa shape index (κ2) is 4.86. The summed E-state index contributed by atoms with van der Waals surface area (Å²) in [5, 5.41) is 3.12. The van der Waals surface area contributed by atoms with Crippen LogP contribution in [0.15, 0.2) is 6.33 Å². The van der Waals surface area contributed by atoms with Gasteiger partial charge in [0.05, 0.1) is 0 Å². The van der Waals surface area contributed by atoms with Crippen LogP contribution in [-0.4, -0.2) is 33.0 Å². The summed E-state index contributed by atoms with van der Waals surface area (Å²) >= 11 is 1.77. The third kappa shape index (κ3) is 3.45. The van der Waals surface area contributed by atoms with Crippen molar-refractivity contribution >= 4 is 23.7 Å². The first-order valence-electron chi connectivity index (χ1n) is 3.92. The third-order valence-electron chi connectivity index (χ3n) is 1.38. The summed E-state index contributed by atoms with van der Waals surface area (Å²) in [6, 6.07) is 0.330. The Morgan fingerprint density at radius 1 is 1.62 bits per heavy atom. The SMILES string of the molecule is CSCC(C)Nc1ncnc(N)n1. The maximum Gasteiger partial charge on any atom is 0.227 e. The lowest BCUT2D eigenvalue weighted by molar-refractivity contribution is 0.880. The molecule has 0 saturated heterocycles. The molecule has 13 heavy (non-hydrogen) atoms. The van der Waals surface area contributed by atoms with E-state index in [1.165, 1.54) is 6.33 Å². The Labute approximate surface area is 81.6 Å². The van der Waals surface area contributed by atoms with Crippen LogP contribution >= 0.6 is 11.8 Å². The molecule has 0 radical (unpaired) electrons. The van der Waals surface area contributed by atoms with Gasteiger partial charge in [0, 0.05) is 11.8 Å². The second-order valence-corrected chi connectivity index (χ2v) is 3.58. The highest BCUT2D eigenvalue weighted by Crippen LogP contribution is 2.04. The minimum atomic E-state index is 0.244. The van der Waals surface area contributed by atoms with E-state index in [0.29, 0.717) is 12.0 Å². The Balaban J connectivity index is 2.53. The molecule has 1 aromatic heterocycles. The Morgan fingerprint density at radius 2 is 2.38 bits per heavy atom. The van der Waals surface area contributed by atoms with Crippen molar-refractivity contribution in [1.82, 2.24) is 15.0 Å². The van der Waals surface area contributed by atoms with Gasteiger partial charge >= 0.3 is 0 Å². The topological polar surface area (TPSA) is 76.7 Å². The summed E-state index contributed by atoms with van der Waals surface area (Å²) in [4.78, 5) is 11.6. The van der Waals surface area contributed by atoms with Gasteiger partial charge in [-0.15, -0.1) is 0 Å². The smallest absolute Gasteiger partial charge is 0.227 e. The molecule has 0 spiro atoms. The Bertz CT molecular complexity index is 267. The van der Waals surface area contributed by atoms with Crippen molar-refractivity contribution < 1.29 is 0 Å². The summed E-state index contributed by atoms with van der Waals surface area (Å²) in [6.45, 7) is 2.07. The molecule has 0 aromatic carbocycles. The van der Waals surface area contributed by atoms with Crippen LogP contribution in [0.2, 0.25) is 0 Å². The van der Waals surface area contributed by atoms with E-state index in [-0.39, 0.29) is 5.95 Å². The van der Waals surface area contributed by atoms with Crippen molar-refractivity contribution in [3.63, 3.8) is 0 Å². The van der Waals surface area contributed by atoms with E-state index >= 15 is 0 Å². The van der Waals surface area contributed by atoms with Gasteiger partial charge in [-0.25, -0.2) is 9.97 Å². The summed E-state index contributed by atoms with van der Waals surface area (Å²) < 4.78 is 0. The summed E-state index contributed by atoms with van der Waals surface area (Å²) in [5.41, 5.74) is 5.40. The van der Waals surface area contributed by atoms with Crippen molar-refractivity contribution in [2.75, 3.05) is 23.1 Å². The number of thioether (sulfide) groups is 1. The zero-order valence-electron chi connectivity index (χ0n) is 7.69. The Hall–Kier alpha value is -1.04. The predicted molar refractivity (Wildman–Crippen MR) is 55.7 cm³/mol. The molecule has 0 saturated carbocycles. The molecule has 0 aliphatic heterocycles. The van der Waals surface area contributed by atoms with Crippen molar-refractivity contribution in [2.45, 2.75) is 13.0 Å². The van der Waals surface area contributed by atoms with Crippen LogP contribution in [0.5, 0.6) is 0 Å². The van der Waals surface area contributed by atoms with Crippen molar-refractivity contribution in [1.29, 1.82) is 0 Å². The number of nitrogens with one attached hydrogen (secondary N) is 1. The van der Waals surface area contributed by atoms with Crippen molar-refractivity contribution in [3.8, 4) is 0 Å². The monoisotopic (exact) mass is 199 g/mol. The zero-order chi connectivity index (χ0) is 9.68. The highest BCUT2D eigenvalue weighted by Gasteiger charge is 2.02. The minimum Gasteiger partial charge on any atom is -0.368 e. The normalized spacial score (nSPS) is 12.5. The van der Waals surface area contributed by atoms with E-state index in [4.69, 9.17) is 5.73 Å². The van der Waals surface area contributed by atoms with Gasteiger partial charge in [-0.1, -0.05) is 0 Å². The van der Waals surface area contributed by atoms with E-state index in [2.05, 4.69) is 33.4 Å². The molecular weight excluding hydrogens is 186 g/mol. The van der Waals surface area contributed by atoms with E-state index in [1.807, 2.05) is 0 Å². The molecule has 1 atom stereocenters. The molecule has 1 unspecified atom stereocenters. The average molecular weight is 199 g/mol.